The van der Waals surface area contributed by atoms with Crippen LogP contribution in [0, 0.1) is 11.3 Å². The number of halogens is 2. The van der Waals surface area contributed by atoms with Gasteiger partial charge in [0.05, 0.1) is 33.1 Å². The van der Waals surface area contributed by atoms with Gasteiger partial charge in [-0.3, -0.25) is 0 Å². The monoisotopic (exact) mass is 321 g/mol. The molecule has 0 saturated heterocycles. The predicted octanol–water partition coefficient (Wildman–Crippen LogP) is 4.21. The topological polar surface area (TPSA) is 85.2 Å². The van der Waals surface area contributed by atoms with Crippen LogP contribution in [-0.4, -0.2) is 11.1 Å². The van der Waals surface area contributed by atoms with E-state index in [1.54, 1.807) is 18.2 Å². The summed E-state index contributed by atoms with van der Waals surface area (Å²) in [5.41, 5.74) is 0.802. The van der Waals surface area contributed by atoms with Gasteiger partial charge in [0.1, 0.15) is 5.75 Å². The summed E-state index contributed by atoms with van der Waals surface area (Å²) in [6.07, 6.45) is 0. The number of aromatic hydroxyl groups is 1. The molecular formula is C14H9Cl2N3O2. The summed E-state index contributed by atoms with van der Waals surface area (Å²) in [5.74, 6) is -0.207. The number of nitrogens with zero attached hydrogens (tertiary/aromatic N) is 1. The maximum absolute atomic E-state index is 11.9. The van der Waals surface area contributed by atoms with Gasteiger partial charge in [0.25, 0.3) is 0 Å². The normalized spacial score (nSPS) is 9.76. The second kappa shape index (κ2) is 6.35. The van der Waals surface area contributed by atoms with Gasteiger partial charge in [-0.2, -0.15) is 5.26 Å². The molecule has 0 unspecified atom stereocenters. The van der Waals surface area contributed by atoms with Crippen LogP contribution in [0.5, 0.6) is 5.75 Å². The summed E-state index contributed by atoms with van der Waals surface area (Å²) in [6.45, 7) is 0. The molecule has 0 heterocycles. The number of carbonyl (C=O) groups excluding carboxylic acids is 1. The zero-order valence-corrected chi connectivity index (χ0v) is 12.0. The zero-order chi connectivity index (χ0) is 15.4. The van der Waals surface area contributed by atoms with Crippen LogP contribution in [0.3, 0.4) is 0 Å². The first-order valence-corrected chi connectivity index (χ1v) is 6.52. The standard InChI is InChI=1S/C14H9Cl2N3O2/c15-9-2-1-3-11(13(9)16)19-14(21)18-10-5-4-8(7-17)6-12(10)20/h1-6,20H,(H2,18,19,21). The molecule has 0 fully saturated rings. The van der Waals surface area contributed by atoms with E-state index in [1.807, 2.05) is 6.07 Å². The van der Waals surface area contributed by atoms with Crippen molar-refractivity contribution in [1.82, 2.24) is 0 Å². The number of nitriles is 1. The number of urea groups is 1. The van der Waals surface area contributed by atoms with Crippen molar-refractivity contribution < 1.29 is 9.90 Å². The lowest BCUT2D eigenvalue weighted by molar-refractivity contribution is 0.262. The van der Waals surface area contributed by atoms with E-state index in [0.29, 0.717) is 10.7 Å². The second-order valence-electron chi connectivity index (χ2n) is 4.02. The largest absolute Gasteiger partial charge is 0.506 e. The molecule has 0 bridgehead atoms. The number of nitrogens with one attached hydrogen (secondary N) is 2. The van der Waals surface area contributed by atoms with Crippen molar-refractivity contribution in [2.24, 2.45) is 0 Å². The summed E-state index contributed by atoms with van der Waals surface area (Å²) in [7, 11) is 0. The average Bonchev–Trinajstić information content (AvgIpc) is 2.46. The SMILES string of the molecule is N#Cc1ccc(NC(=O)Nc2cccc(Cl)c2Cl)c(O)c1. The van der Waals surface area contributed by atoms with Crippen LogP contribution >= 0.6 is 23.2 Å². The molecule has 0 aliphatic rings. The molecule has 0 aromatic heterocycles. The van der Waals surface area contributed by atoms with Crippen molar-refractivity contribution in [1.29, 1.82) is 5.26 Å². The van der Waals surface area contributed by atoms with Crippen LogP contribution in [0.15, 0.2) is 36.4 Å². The molecule has 0 aliphatic carbocycles. The minimum Gasteiger partial charge on any atom is -0.506 e. The lowest BCUT2D eigenvalue weighted by Crippen LogP contribution is -2.19. The molecule has 2 aromatic carbocycles. The molecule has 7 heteroatoms. The van der Waals surface area contributed by atoms with Crippen LogP contribution in [0.25, 0.3) is 0 Å². The Morgan fingerprint density at radius 2 is 1.86 bits per heavy atom. The summed E-state index contributed by atoms with van der Waals surface area (Å²) >= 11 is 11.8. The first kappa shape index (κ1) is 15.0. The van der Waals surface area contributed by atoms with Crippen molar-refractivity contribution in [3.8, 4) is 11.8 Å². The Bertz CT molecular complexity index is 741. The number of anilines is 2. The molecule has 0 radical (unpaired) electrons. The highest BCUT2D eigenvalue weighted by atomic mass is 35.5. The van der Waals surface area contributed by atoms with Crippen LogP contribution in [0.1, 0.15) is 5.56 Å². The van der Waals surface area contributed by atoms with Crippen LogP contribution in [-0.2, 0) is 0 Å². The molecule has 21 heavy (non-hydrogen) atoms. The number of benzene rings is 2. The van der Waals surface area contributed by atoms with Crippen molar-refractivity contribution in [3.63, 3.8) is 0 Å². The Labute approximate surface area is 130 Å². The molecule has 0 atom stereocenters. The number of hydrogen-bond donors (Lipinski definition) is 3. The number of hydrogen-bond acceptors (Lipinski definition) is 3. The Balaban J connectivity index is 2.12. The first-order valence-electron chi connectivity index (χ1n) is 5.76. The van der Waals surface area contributed by atoms with E-state index in [9.17, 15) is 9.90 Å². The van der Waals surface area contributed by atoms with Gasteiger partial charge >= 0.3 is 6.03 Å². The van der Waals surface area contributed by atoms with Crippen molar-refractivity contribution in [2.45, 2.75) is 0 Å². The second-order valence-corrected chi connectivity index (χ2v) is 4.81. The minimum absolute atomic E-state index is 0.171. The van der Waals surface area contributed by atoms with Gasteiger partial charge < -0.3 is 15.7 Å². The van der Waals surface area contributed by atoms with E-state index in [2.05, 4.69) is 10.6 Å². The van der Waals surface area contributed by atoms with Gasteiger partial charge in [-0.15, -0.1) is 0 Å². The fourth-order valence-electron chi connectivity index (χ4n) is 1.58. The highest BCUT2D eigenvalue weighted by Crippen LogP contribution is 2.30. The summed E-state index contributed by atoms with van der Waals surface area (Å²) < 4.78 is 0. The van der Waals surface area contributed by atoms with E-state index in [4.69, 9.17) is 28.5 Å². The third-order valence-corrected chi connectivity index (χ3v) is 3.39. The van der Waals surface area contributed by atoms with E-state index in [0.717, 1.165) is 0 Å². The fourth-order valence-corrected chi connectivity index (χ4v) is 1.93. The molecule has 0 aliphatic heterocycles. The van der Waals surface area contributed by atoms with E-state index in [-0.39, 0.29) is 22.0 Å². The van der Waals surface area contributed by atoms with E-state index >= 15 is 0 Å². The number of rotatable bonds is 2. The molecule has 5 nitrogen and oxygen atoms in total. The van der Waals surface area contributed by atoms with Gasteiger partial charge in [-0.25, -0.2) is 4.79 Å². The fraction of sp³-hybridized carbons (Fsp3) is 0. The molecule has 2 aromatic rings. The number of phenols is 1. The predicted molar refractivity (Wildman–Crippen MR) is 81.9 cm³/mol. The Hall–Kier alpha value is -2.42. The van der Waals surface area contributed by atoms with Gasteiger partial charge in [-0.05, 0) is 30.3 Å². The lowest BCUT2D eigenvalue weighted by Gasteiger charge is -2.10. The van der Waals surface area contributed by atoms with E-state index < -0.39 is 6.03 Å². The van der Waals surface area contributed by atoms with Crippen LogP contribution in [0.2, 0.25) is 10.0 Å². The molecule has 2 rings (SSSR count). The maximum atomic E-state index is 11.9. The van der Waals surface area contributed by atoms with Gasteiger partial charge in [0.15, 0.2) is 0 Å². The molecule has 106 valence electrons. The lowest BCUT2D eigenvalue weighted by atomic mass is 10.2. The minimum atomic E-state index is -0.598. The highest BCUT2D eigenvalue weighted by molar-refractivity contribution is 6.44. The quantitative estimate of drug-likeness (QED) is 0.724. The Morgan fingerprint density at radius 3 is 2.52 bits per heavy atom. The zero-order valence-electron chi connectivity index (χ0n) is 10.5. The number of carbonyl (C=O) groups is 1. The summed E-state index contributed by atoms with van der Waals surface area (Å²) in [6, 6.07) is 10.3. The number of phenolic OH excluding ortho intramolecular Hbond substituents is 1. The van der Waals surface area contributed by atoms with Crippen molar-refractivity contribution >= 4 is 40.6 Å². The van der Waals surface area contributed by atoms with Crippen molar-refractivity contribution in [2.75, 3.05) is 10.6 Å². The third kappa shape index (κ3) is 3.57. The molecule has 0 spiro atoms. The molecular weight excluding hydrogens is 313 g/mol. The van der Waals surface area contributed by atoms with Gasteiger partial charge in [0.2, 0.25) is 0 Å². The molecule has 2 amide bonds. The highest BCUT2D eigenvalue weighted by Gasteiger charge is 2.10. The Kier molecular flexibility index (Phi) is 4.53. The molecule has 3 N–H and O–H groups in total. The van der Waals surface area contributed by atoms with Gasteiger partial charge in [0, 0.05) is 0 Å². The smallest absolute Gasteiger partial charge is 0.323 e. The van der Waals surface area contributed by atoms with Gasteiger partial charge in [-0.1, -0.05) is 29.3 Å². The summed E-state index contributed by atoms with van der Waals surface area (Å²) in [4.78, 5) is 11.9. The van der Waals surface area contributed by atoms with Crippen LogP contribution in [0.4, 0.5) is 16.2 Å². The van der Waals surface area contributed by atoms with E-state index in [1.165, 1.54) is 18.2 Å². The first-order chi connectivity index (χ1) is 10.0. The maximum Gasteiger partial charge on any atom is 0.323 e. The summed E-state index contributed by atoms with van der Waals surface area (Å²) in [5, 5.41) is 23.9. The average molecular weight is 322 g/mol. The third-order valence-electron chi connectivity index (χ3n) is 2.57. The number of amides is 2. The van der Waals surface area contributed by atoms with Crippen molar-refractivity contribution in [3.05, 3.63) is 52.0 Å². The Morgan fingerprint density at radius 1 is 1.14 bits per heavy atom. The molecule has 0 saturated carbocycles. The van der Waals surface area contributed by atoms with Crippen LogP contribution < -0.4 is 10.6 Å².